The molecule has 0 amide bonds. The van der Waals surface area contributed by atoms with Gasteiger partial charge in [-0.15, -0.1) is 0 Å². The second kappa shape index (κ2) is 13.2. The van der Waals surface area contributed by atoms with Gasteiger partial charge in [-0.2, -0.15) is 0 Å². The van der Waals surface area contributed by atoms with Gasteiger partial charge in [0.2, 0.25) is 0 Å². The Bertz CT molecular complexity index is 1250. The Labute approximate surface area is 222 Å². The average Bonchev–Trinajstić information content (AvgIpc) is 2.93. The lowest BCUT2D eigenvalue weighted by molar-refractivity contribution is -0.199. The first-order valence-electron chi connectivity index (χ1n) is 13.4. The molecule has 1 saturated heterocycles. The van der Waals surface area contributed by atoms with Crippen LogP contribution in [-0.2, 0) is 15.9 Å². The van der Waals surface area contributed by atoms with Crippen molar-refractivity contribution < 1.29 is 27.0 Å². The molecule has 1 aliphatic rings. The molecule has 2 nitrogen and oxygen atoms in total. The van der Waals surface area contributed by atoms with Crippen LogP contribution < -0.4 is 0 Å². The zero-order valence-corrected chi connectivity index (χ0v) is 21.9. The van der Waals surface area contributed by atoms with Gasteiger partial charge in [0.25, 0.3) is 0 Å². The molecule has 0 saturated carbocycles. The van der Waals surface area contributed by atoms with Crippen LogP contribution in [0.4, 0.5) is 17.6 Å². The number of hydrogen-bond donors (Lipinski definition) is 0. The van der Waals surface area contributed by atoms with Crippen molar-refractivity contribution in [3.05, 3.63) is 95.1 Å². The molecule has 1 fully saturated rings. The number of hydrogen-bond acceptors (Lipinski definition) is 2. The topological polar surface area (TPSA) is 18.5 Å². The van der Waals surface area contributed by atoms with Crippen molar-refractivity contribution >= 4 is 0 Å². The average molecular weight is 527 g/mol. The normalized spacial score (nSPS) is 17.8. The fourth-order valence-electron chi connectivity index (χ4n) is 4.80. The molecule has 1 aliphatic heterocycles. The summed E-state index contributed by atoms with van der Waals surface area (Å²) in [6.07, 6.45) is 8.56. The van der Waals surface area contributed by atoms with Gasteiger partial charge in [-0.25, -0.2) is 17.6 Å². The first kappa shape index (κ1) is 28.1. The van der Waals surface area contributed by atoms with E-state index in [-0.39, 0.29) is 22.6 Å². The zero-order valence-electron chi connectivity index (χ0n) is 21.9. The molecule has 6 heteroatoms. The summed E-state index contributed by atoms with van der Waals surface area (Å²) in [6.45, 7) is 4.74. The summed E-state index contributed by atoms with van der Waals surface area (Å²) in [5, 5.41) is 0. The maximum absolute atomic E-state index is 15.0. The van der Waals surface area contributed by atoms with E-state index in [9.17, 15) is 13.2 Å². The molecule has 38 heavy (non-hydrogen) atoms. The van der Waals surface area contributed by atoms with Crippen LogP contribution in [0.5, 0.6) is 0 Å². The smallest absolute Gasteiger partial charge is 0.186 e. The second-order valence-electron chi connectivity index (χ2n) is 9.76. The van der Waals surface area contributed by atoms with Crippen molar-refractivity contribution in [2.75, 3.05) is 13.2 Å². The lowest BCUT2D eigenvalue weighted by Crippen LogP contribution is -2.26. The van der Waals surface area contributed by atoms with Gasteiger partial charge in [0.05, 0.1) is 13.2 Å². The first-order chi connectivity index (χ1) is 18.4. The van der Waals surface area contributed by atoms with E-state index in [4.69, 9.17) is 9.47 Å². The third-order valence-electron chi connectivity index (χ3n) is 6.97. The first-order valence-corrected chi connectivity index (χ1v) is 13.4. The Morgan fingerprint density at radius 1 is 0.711 bits per heavy atom. The molecule has 3 aromatic rings. The van der Waals surface area contributed by atoms with E-state index in [1.54, 1.807) is 36.4 Å². The highest BCUT2D eigenvalue weighted by Crippen LogP contribution is 2.34. The van der Waals surface area contributed by atoms with E-state index >= 15 is 4.39 Å². The number of aryl methyl sites for hydroxylation is 1. The Morgan fingerprint density at radius 2 is 1.29 bits per heavy atom. The number of halogens is 4. The maximum Gasteiger partial charge on any atom is 0.186 e. The molecule has 4 rings (SSSR count). The molecule has 1 heterocycles. The lowest BCUT2D eigenvalue weighted by atomic mass is 9.96. The minimum Gasteiger partial charge on any atom is -0.348 e. The molecule has 3 aromatic carbocycles. The molecule has 0 aromatic heterocycles. The van der Waals surface area contributed by atoms with E-state index in [1.165, 1.54) is 12.1 Å². The standard InChI is InChI=1S/C32H34F4O2/c1-3-5-6-7-8-10-24-15-16-25(29(34)28(24)33)22-11-13-23(14-12-22)26-17-18-27(31(36)30(26)35)32-37-19-21(9-4-2)20-38-32/h4,9,11-18,21,32H,3,5-8,10,19-20H2,1-2H3/b9-4+. The van der Waals surface area contributed by atoms with Crippen molar-refractivity contribution in [1.82, 2.24) is 0 Å². The van der Waals surface area contributed by atoms with Crippen LogP contribution in [0, 0.1) is 29.2 Å². The minimum atomic E-state index is -1.03. The summed E-state index contributed by atoms with van der Waals surface area (Å²) in [4.78, 5) is 0. The molecule has 0 unspecified atom stereocenters. The molecule has 202 valence electrons. The van der Waals surface area contributed by atoms with E-state index in [0.29, 0.717) is 36.3 Å². The zero-order chi connectivity index (χ0) is 27.1. The van der Waals surface area contributed by atoms with Crippen molar-refractivity contribution in [3.8, 4) is 22.3 Å². The summed E-state index contributed by atoms with van der Waals surface area (Å²) in [7, 11) is 0. The van der Waals surface area contributed by atoms with Crippen LogP contribution in [0.1, 0.15) is 63.4 Å². The van der Waals surface area contributed by atoms with Gasteiger partial charge >= 0.3 is 0 Å². The van der Waals surface area contributed by atoms with Crippen LogP contribution in [0.25, 0.3) is 22.3 Å². The van der Waals surface area contributed by atoms with Crippen LogP contribution >= 0.6 is 0 Å². The molecule has 0 atom stereocenters. The highest BCUT2D eigenvalue weighted by atomic mass is 19.2. The Balaban J connectivity index is 1.48. The number of rotatable bonds is 10. The predicted molar refractivity (Wildman–Crippen MR) is 143 cm³/mol. The SMILES string of the molecule is C/C=C/C1COC(c2ccc(-c3ccc(-c4ccc(CCCCCCC)c(F)c4F)cc3)c(F)c2F)OC1. The van der Waals surface area contributed by atoms with Crippen molar-refractivity contribution in [2.24, 2.45) is 5.92 Å². The second-order valence-corrected chi connectivity index (χ2v) is 9.76. The molecule has 0 aliphatic carbocycles. The highest BCUT2D eigenvalue weighted by molar-refractivity contribution is 5.71. The van der Waals surface area contributed by atoms with Gasteiger partial charge in [0.15, 0.2) is 29.6 Å². The van der Waals surface area contributed by atoms with E-state index in [0.717, 1.165) is 32.1 Å². The highest BCUT2D eigenvalue weighted by Gasteiger charge is 2.27. The Morgan fingerprint density at radius 3 is 1.89 bits per heavy atom. The molecular weight excluding hydrogens is 492 g/mol. The lowest BCUT2D eigenvalue weighted by Gasteiger charge is -2.28. The van der Waals surface area contributed by atoms with Crippen LogP contribution in [0.2, 0.25) is 0 Å². The van der Waals surface area contributed by atoms with Gasteiger partial charge in [0.1, 0.15) is 0 Å². The number of allylic oxidation sites excluding steroid dienone is 1. The van der Waals surface area contributed by atoms with Gasteiger partial charge in [-0.1, -0.05) is 93.3 Å². The molecule has 0 radical (unpaired) electrons. The minimum absolute atomic E-state index is 0.00444. The fraction of sp³-hybridized carbons (Fsp3) is 0.375. The predicted octanol–water partition coefficient (Wildman–Crippen LogP) is 9.33. The Kier molecular flexibility index (Phi) is 9.75. The van der Waals surface area contributed by atoms with Crippen molar-refractivity contribution in [2.45, 2.75) is 58.7 Å². The van der Waals surface area contributed by atoms with Crippen LogP contribution in [-0.4, -0.2) is 13.2 Å². The van der Waals surface area contributed by atoms with Crippen LogP contribution in [0.3, 0.4) is 0 Å². The third-order valence-corrected chi connectivity index (χ3v) is 6.97. The fourth-order valence-corrected chi connectivity index (χ4v) is 4.80. The number of benzene rings is 3. The summed E-state index contributed by atoms with van der Waals surface area (Å²) >= 11 is 0. The van der Waals surface area contributed by atoms with Gasteiger partial charge in [0, 0.05) is 22.6 Å². The summed E-state index contributed by atoms with van der Waals surface area (Å²) in [5.41, 5.74) is 1.45. The van der Waals surface area contributed by atoms with Crippen molar-refractivity contribution in [1.29, 1.82) is 0 Å². The number of unbranched alkanes of at least 4 members (excludes halogenated alkanes) is 4. The third kappa shape index (κ3) is 6.36. The van der Waals surface area contributed by atoms with E-state index < -0.39 is 29.6 Å². The maximum atomic E-state index is 15.0. The largest absolute Gasteiger partial charge is 0.348 e. The van der Waals surface area contributed by atoms with E-state index in [1.807, 2.05) is 19.1 Å². The molecule has 0 bridgehead atoms. The van der Waals surface area contributed by atoms with Crippen molar-refractivity contribution in [3.63, 3.8) is 0 Å². The summed E-state index contributed by atoms with van der Waals surface area (Å²) in [6, 6.07) is 12.4. The van der Waals surface area contributed by atoms with Gasteiger partial charge in [-0.05, 0) is 36.5 Å². The molecule has 0 N–H and O–H groups in total. The summed E-state index contributed by atoms with van der Waals surface area (Å²) in [5.74, 6) is -3.69. The van der Waals surface area contributed by atoms with Crippen LogP contribution in [0.15, 0.2) is 60.7 Å². The van der Waals surface area contributed by atoms with E-state index in [2.05, 4.69) is 6.92 Å². The quantitative estimate of drug-likeness (QED) is 0.149. The van der Waals surface area contributed by atoms with Gasteiger partial charge in [-0.3, -0.25) is 0 Å². The summed E-state index contributed by atoms with van der Waals surface area (Å²) < 4.78 is 70.8. The Hall–Kier alpha value is -2.96. The van der Waals surface area contributed by atoms with Gasteiger partial charge < -0.3 is 9.47 Å². The number of ether oxygens (including phenoxy) is 2. The molecule has 0 spiro atoms. The monoisotopic (exact) mass is 526 g/mol. The molecular formula is C32H34F4O2.